The highest BCUT2D eigenvalue weighted by molar-refractivity contribution is 6.30. The summed E-state index contributed by atoms with van der Waals surface area (Å²) >= 11 is 5.79. The summed E-state index contributed by atoms with van der Waals surface area (Å²) in [6, 6.07) is 5.85. The number of carbonyl (C=O) groups is 3. The summed E-state index contributed by atoms with van der Waals surface area (Å²) in [5, 5.41) is 14.7. The molecular formula is C17H20ClN5O4. The molecule has 0 spiro atoms. The third-order valence-electron chi connectivity index (χ3n) is 3.89. The average Bonchev–Trinajstić information content (AvgIpc) is 2.98. The van der Waals surface area contributed by atoms with Crippen molar-refractivity contribution in [3.63, 3.8) is 0 Å². The molecule has 0 radical (unpaired) electrons. The fourth-order valence-corrected chi connectivity index (χ4v) is 2.28. The van der Waals surface area contributed by atoms with Crippen LogP contribution in [0.2, 0.25) is 5.02 Å². The molecule has 0 unspecified atom stereocenters. The van der Waals surface area contributed by atoms with E-state index in [0.29, 0.717) is 16.5 Å². The number of aliphatic carboxylic acids is 1. The molecule has 2 rings (SSSR count). The Labute approximate surface area is 160 Å². The molecule has 0 aliphatic carbocycles. The summed E-state index contributed by atoms with van der Waals surface area (Å²) in [5.74, 6) is -1.38. The Kier molecular flexibility index (Phi) is 6.06. The number of amides is 3. The number of nitrogens with two attached hydrogens (primary N) is 1. The Balaban J connectivity index is 2.10. The first kappa shape index (κ1) is 20.2. The second-order valence-corrected chi connectivity index (χ2v) is 6.98. The molecule has 1 heterocycles. The van der Waals surface area contributed by atoms with Crippen LogP contribution in [-0.4, -0.2) is 33.0 Å². The maximum Gasteiger partial charge on any atom is 0.324 e. The molecule has 27 heavy (non-hydrogen) atoms. The number of aromatic nitrogens is 2. The minimum atomic E-state index is -0.959. The summed E-state index contributed by atoms with van der Waals surface area (Å²) in [6.45, 7) is 3.18. The number of primary amides is 1. The van der Waals surface area contributed by atoms with E-state index >= 15 is 0 Å². The molecule has 0 bridgehead atoms. The van der Waals surface area contributed by atoms with Gasteiger partial charge in [-0.05, 0) is 44.5 Å². The van der Waals surface area contributed by atoms with Crippen molar-refractivity contribution in [2.45, 2.75) is 26.7 Å². The first-order valence-electron chi connectivity index (χ1n) is 8.04. The summed E-state index contributed by atoms with van der Waals surface area (Å²) in [6.07, 6.45) is 0.546. The molecule has 0 saturated carbocycles. The van der Waals surface area contributed by atoms with Crippen LogP contribution in [0.3, 0.4) is 0 Å². The lowest BCUT2D eigenvalue weighted by atomic mass is 9.88. The van der Waals surface area contributed by atoms with Crippen molar-refractivity contribution < 1.29 is 19.5 Å². The van der Waals surface area contributed by atoms with Gasteiger partial charge in [0.2, 0.25) is 0 Å². The molecule has 2 aromatic rings. The predicted octanol–water partition coefficient (Wildman–Crippen LogP) is 2.85. The average molecular weight is 394 g/mol. The van der Waals surface area contributed by atoms with Crippen LogP contribution in [-0.2, 0) is 11.2 Å². The van der Waals surface area contributed by atoms with E-state index in [1.165, 1.54) is 0 Å². The molecule has 0 aliphatic rings. The van der Waals surface area contributed by atoms with Crippen molar-refractivity contribution in [2.75, 3.05) is 10.6 Å². The molecule has 144 valence electrons. The molecule has 6 N–H and O–H groups in total. The molecule has 0 aliphatic heterocycles. The molecule has 1 aromatic heterocycles. The summed E-state index contributed by atoms with van der Waals surface area (Å²) in [7, 11) is 0. The van der Waals surface area contributed by atoms with E-state index in [0.717, 1.165) is 0 Å². The van der Waals surface area contributed by atoms with Crippen LogP contribution in [0.25, 0.3) is 0 Å². The summed E-state index contributed by atoms with van der Waals surface area (Å²) in [5.41, 5.74) is 4.71. The van der Waals surface area contributed by atoms with Crippen LogP contribution < -0.4 is 16.4 Å². The molecule has 1 aromatic carbocycles. The Morgan fingerprint density at radius 2 is 1.85 bits per heavy atom. The minimum absolute atomic E-state index is 0.0390. The lowest BCUT2D eigenvalue weighted by Crippen LogP contribution is -2.24. The monoisotopic (exact) mass is 393 g/mol. The van der Waals surface area contributed by atoms with Gasteiger partial charge in [-0.2, -0.15) is 0 Å². The number of benzene rings is 1. The molecule has 10 heteroatoms. The standard InChI is InChI=1S/C17H20ClN5O4/c1-17(2,15(25)26)8-7-11-21-12(13(19)24)14(22-11)23-16(27)20-10-5-3-9(18)4-6-10/h3-6H,7-8H2,1-2H3,(H2,19,24)(H,21,22)(H,25,26)(H2,20,23,27). The Hall–Kier alpha value is -3.07. The van der Waals surface area contributed by atoms with Crippen molar-refractivity contribution in [1.29, 1.82) is 0 Å². The SMILES string of the molecule is CC(C)(CCc1nc(C(N)=O)c(NC(=O)Nc2ccc(Cl)cc2)[nH]1)C(=O)O. The Morgan fingerprint density at radius 3 is 2.41 bits per heavy atom. The Morgan fingerprint density at radius 1 is 1.22 bits per heavy atom. The zero-order valence-corrected chi connectivity index (χ0v) is 15.6. The van der Waals surface area contributed by atoms with E-state index in [1.54, 1.807) is 38.1 Å². The van der Waals surface area contributed by atoms with Gasteiger partial charge in [0.25, 0.3) is 5.91 Å². The maximum absolute atomic E-state index is 12.1. The van der Waals surface area contributed by atoms with Crippen molar-refractivity contribution in [2.24, 2.45) is 11.1 Å². The number of rotatable bonds is 7. The zero-order chi connectivity index (χ0) is 20.2. The third-order valence-corrected chi connectivity index (χ3v) is 4.14. The highest BCUT2D eigenvalue weighted by atomic mass is 35.5. The number of urea groups is 1. The predicted molar refractivity (Wildman–Crippen MR) is 101 cm³/mol. The quantitative estimate of drug-likeness (QED) is 0.490. The molecule has 9 nitrogen and oxygen atoms in total. The van der Waals surface area contributed by atoms with Crippen molar-refractivity contribution >= 4 is 41.0 Å². The van der Waals surface area contributed by atoms with E-state index in [4.69, 9.17) is 22.4 Å². The zero-order valence-electron chi connectivity index (χ0n) is 14.8. The van der Waals surface area contributed by atoms with Gasteiger partial charge in [-0.15, -0.1) is 0 Å². The van der Waals surface area contributed by atoms with Crippen LogP contribution >= 0.6 is 11.6 Å². The van der Waals surface area contributed by atoms with Gasteiger partial charge in [-0.3, -0.25) is 14.9 Å². The van der Waals surface area contributed by atoms with Gasteiger partial charge in [0.1, 0.15) is 11.6 Å². The van der Waals surface area contributed by atoms with Crippen LogP contribution in [0.1, 0.15) is 36.6 Å². The molecular weight excluding hydrogens is 374 g/mol. The van der Waals surface area contributed by atoms with Gasteiger partial charge in [-0.1, -0.05) is 11.6 Å². The number of hydrogen-bond donors (Lipinski definition) is 5. The minimum Gasteiger partial charge on any atom is -0.481 e. The van der Waals surface area contributed by atoms with Gasteiger partial charge in [-0.25, -0.2) is 9.78 Å². The fourth-order valence-electron chi connectivity index (χ4n) is 2.16. The van der Waals surface area contributed by atoms with Crippen LogP contribution in [0.5, 0.6) is 0 Å². The smallest absolute Gasteiger partial charge is 0.324 e. The van der Waals surface area contributed by atoms with E-state index in [2.05, 4.69) is 20.6 Å². The van der Waals surface area contributed by atoms with E-state index in [-0.39, 0.29) is 24.4 Å². The molecule has 3 amide bonds. The number of carboxylic acid groups (broad SMARTS) is 1. The number of aromatic amines is 1. The van der Waals surface area contributed by atoms with E-state index in [9.17, 15) is 14.4 Å². The first-order valence-corrected chi connectivity index (χ1v) is 8.42. The van der Waals surface area contributed by atoms with Crippen molar-refractivity contribution in [3.05, 3.63) is 40.8 Å². The largest absolute Gasteiger partial charge is 0.481 e. The second kappa shape index (κ2) is 8.09. The highest BCUT2D eigenvalue weighted by Gasteiger charge is 2.27. The summed E-state index contributed by atoms with van der Waals surface area (Å²) in [4.78, 5) is 41.8. The first-order chi connectivity index (χ1) is 12.6. The number of imidazole rings is 1. The highest BCUT2D eigenvalue weighted by Crippen LogP contribution is 2.23. The number of hydrogen-bond acceptors (Lipinski definition) is 4. The topological polar surface area (TPSA) is 150 Å². The van der Waals surface area contributed by atoms with Gasteiger partial charge in [0.05, 0.1) is 5.41 Å². The number of aryl methyl sites for hydroxylation is 1. The van der Waals surface area contributed by atoms with Crippen LogP contribution in [0.15, 0.2) is 24.3 Å². The number of nitrogens with one attached hydrogen (secondary N) is 3. The lowest BCUT2D eigenvalue weighted by Gasteiger charge is -2.17. The van der Waals surface area contributed by atoms with Gasteiger partial charge in [0.15, 0.2) is 5.69 Å². The van der Waals surface area contributed by atoms with E-state index < -0.39 is 23.3 Å². The van der Waals surface area contributed by atoms with Gasteiger partial charge in [0, 0.05) is 17.1 Å². The van der Waals surface area contributed by atoms with Crippen LogP contribution in [0.4, 0.5) is 16.3 Å². The van der Waals surface area contributed by atoms with E-state index in [1.807, 2.05) is 0 Å². The summed E-state index contributed by atoms with van der Waals surface area (Å²) < 4.78 is 0. The number of anilines is 2. The number of H-pyrrole nitrogens is 1. The van der Waals surface area contributed by atoms with Crippen molar-refractivity contribution in [1.82, 2.24) is 9.97 Å². The second-order valence-electron chi connectivity index (χ2n) is 6.55. The number of carbonyl (C=O) groups excluding carboxylic acids is 2. The van der Waals surface area contributed by atoms with Crippen LogP contribution in [0, 0.1) is 5.41 Å². The van der Waals surface area contributed by atoms with Gasteiger partial charge < -0.3 is 21.1 Å². The van der Waals surface area contributed by atoms with Gasteiger partial charge >= 0.3 is 12.0 Å². The lowest BCUT2D eigenvalue weighted by molar-refractivity contribution is -0.147. The molecule has 0 saturated heterocycles. The Bertz CT molecular complexity index is 861. The normalized spacial score (nSPS) is 11.1. The maximum atomic E-state index is 12.1. The molecule has 0 fully saturated rings. The fraction of sp³-hybridized carbons (Fsp3) is 0.294. The number of carboxylic acids is 1. The number of nitrogens with zero attached hydrogens (tertiary/aromatic N) is 1. The van der Waals surface area contributed by atoms with Crippen molar-refractivity contribution in [3.8, 4) is 0 Å². The third kappa shape index (κ3) is 5.45. The number of halogens is 1. The molecule has 0 atom stereocenters.